The number of aliphatic imine (C=N–C) groups is 1. The van der Waals surface area contributed by atoms with E-state index in [9.17, 15) is 0 Å². The van der Waals surface area contributed by atoms with Gasteiger partial charge in [-0.2, -0.15) is 0 Å². The van der Waals surface area contributed by atoms with Gasteiger partial charge >= 0.3 is 0 Å². The van der Waals surface area contributed by atoms with Crippen LogP contribution in [0, 0.1) is 19.3 Å². The highest BCUT2D eigenvalue weighted by Crippen LogP contribution is 2.36. The molecule has 0 unspecified atom stereocenters. The van der Waals surface area contributed by atoms with Crippen molar-refractivity contribution >= 4 is 17.6 Å². The van der Waals surface area contributed by atoms with Crippen molar-refractivity contribution in [3.63, 3.8) is 0 Å². The summed E-state index contributed by atoms with van der Waals surface area (Å²) in [6.07, 6.45) is 7.44. The van der Waals surface area contributed by atoms with Crippen LogP contribution in [0.4, 0.5) is 11.4 Å². The number of nitrogens with one attached hydrogen (secondary N) is 1. The molecule has 1 aliphatic rings. The first kappa shape index (κ1) is 21.5. The number of terminal acetylenes is 1. The van der Waals surface area contributed by atoms with Crippen molar-refractivity contribution in [1.29, 1.82) is 0 Å². The first-order valence-electron chi connectivity index (χ1n) is 9.69. The monoisotopic (exact) mass is 409 g/mol. The molecule has 3 rings (SSSR count). The summed E-state index contributed by atoms with van der Waals surface area (Å²) in [6.45, 7) is 4.26. The number of ether oxygens (including phenoxy) is 4. The van der Waals surface area contributed by atoms with Crippen molar-refractivity contribution in [3.8, 4) is 23.8 Å². The third-order valence-corrected chi connectivity index (χ3v) is 4.67. The zero-order valence-electron chi connectivity index (χ0n) is 17.6. The Morgan fingerprint density at radius 3 is 2.43 bits per heavy atom. The number of anilines is 2. The minimum absolute atomic E-state index is 0.417. The lowest BCUT2D eigenvalue weighted by molar-refractivity contribution is 0.132. The molecule has 7 nitrogen and oxygen atoms in total. The zero-order chi connectivity index (χ0) is 21.3. The van der Waals surface area contributed by atoms with Crippen molar-refractivity contribution in [2.24, 2.45) is 4.99 Å². The third-order valence-electron chi connectivity index (χ3n) is 4.67. The number of hydrazine groups is 1. The van der Waals surface area contributed by atoms with Gasteiger partial charge in [0.25, 0.3) is 0 Å². The summed E-state index contributed by atoms with van der Waals surface area (Å²) >= 11 is 0. The van der Waals surface area contributed by atoms with Gasteiger partial charge in [-0.15, -0.1) is 6.42 Å². The number of hydrogen-bond acceptors (Lipinski definition) is 7. The summed E-state index contributed by atoms with van der Waals surface area (Å²) in [7, 11) is 3.28. The zero-order valence-corrected chi connectivity index (χ0v) is 17.6. The Hall–Kier alpha value is -3.21. The molecule has 0 fully saturated rings. The highest BCUT2D eigenvalue weighted by Gasteiger charge is 2.20. The Kier molecular flexibility index (Phi) is 7.55. The molecule has 7 heteroatoms. The van der Waals surface area contributed by atoms with Crippen LogP contribution in [0.3, 0.4) is 0 Å². The smallest absolute Gasteiger partial charge is 0.163 e. The number of rotatable bonds is 10. The number of hydrogen-bond donors (Lipinski definition) is 1. The summed E-state index contributed by atoms with van der Waals surface area (Å²) in [6, 6.07) is 9.73. The topological polar surface area (TPSA) is 64.6 Å². The molecule has 0 saturated carbocycles. The first-order chi connectivity index (χ1) is 14.7. The van der Waals surface area contributed by atoms with Crippen LogP contribution in [0.2, 0.25) is 0 Å². The van der Waals surface area contributed by atoms with Crippen molar-refractivity contribution in [3.05, 3.63) is 47.0 Å². The van der Waals surface area contributed by atoms with Gasteiger partial charge in [0.15, 0.2) is 11.5 Å². The van der Waals surface area contributed by atoms with Gasteiger partial charge in [-0.25, -0.2) is 0 Å². The maximum atomic E-state index is 5.92. The van der Waals surface area contributed by atoms with Gasteiger partial charge in [0.2, 0.25) is 0 Å². The van der Waals surface area contributed by atoms with E-state index in [1.165, 1.54) is 0 Å². The van der Waals surface area contributed by atoms with Crippen LogP contribution >= 0.6 is 0 Å². The third kappa shape index (κ3) is 5.03. The van der Waals surface area contributed by atoms with Gasteiger partial charge in [0.05, 0.1) is 24.6 Å². The molecular weight excluding hydrogens is 382 g/mol. The lowest BCUT2D eigenvalue weighted by Gasteiger charge is -2.30. The van der Waals surface area contributed by atoms with Gasteiger partial charge in [-0.3, -0.25) is 15.4 Å². The highest BCUT2D eigenvalue weighted by molar-refractivity contribution is 5.92. The van der Waals surface area contributed by atoms with E-state index in [0.29, 0.717) is 44.6 Å². The minimum atomic E-state index is 0.417. The van der Waals surface area contributed by atoms with Crippen LogP contribution in [0.15, 0.2) is 35.3 Å². The molecule has 158 valence electrons. The molecule has 2 aromatic rings. The van der Waals surface area contributed by atoms with Crippen LogP contribution in [0.5, 0.6) is 11.5 Å². The quantitative estimate of drug-likeness (QED) is 0.480. The lowest BCUT2D eigenvalue weighted by atomic mass is 10.1. The summed E-state index contributed by atoms with van der Waals surface area (Å²) in [5.41, 5.74) is 8.07. The van der Waals surface area contributed by atoms with Crippen LogP contribution < -0.4 is 19.9 Å². The molecule has 0 bridgehead atoms. The van der Waals surface area contributed by atoms with Crippen molar-refractivity contribution in [2.75, 3.05) is 57.8 Å². The normalized spacial score (nSPS) is 12.3. The second-order valence-corrected chi connectivity index (χ2v) is 6.66. The van der Waals surface area contributed by atoms with Crippen molar-refractivity contribution in [2.45, 2.75) is 6.92 Å². The van der Waals surface area contributed by atoms with Gasteiger partial charge in [0.1, 0.15) is 19.9 Å². The molecule has 0 spiro atoms. The van der Waals surface area contributed by atoms with Crippen LogP contribution in [0.25, 0.3) is 0 Å². The van der Waals surface area contributed by atoms with E-state index < -0.39 is 0 Å². The predicted octanol–water partition coefficient (Wildman–Crippen LogP) is 3.25. The molecule has 30 heavy (non-hydrogen) atoms. The van der Waals surface area contributed by atoms with E-state index in [-0.39, 0.29) is 0 Å². The van der Waals surface area contributed by atoms with E-state index in [0.717, 1.165) is 28.1 Å². The largest absolute Gasteiger partial charge is 0.487 e. The second-order valence-electron chi connectivity index (χ2n) is 6.66. The highest BCUT2D eigenvalue weighted by atomic mass is 16.5. The van der Waals surface area contributed by atoms with Gasteiger partial charge in [-0.1, -0.05) is 12.0 Å². The first-order valence-corrected chi connectivity index (χ1v) is 9.69. The maximum absolute atomic E-state index is 5.92. The van der Waals surface area contributed by atoms with Gasteiger partial charge in [0, 0.05) is 37.6 Å². The molecule has 0 amide bonds. The summed E-state index contributed by atoms with van der Waals surface area (Å²) < 4.78 is 22.0. The Morgan fingerprint density at radius 2 is 1.77 bits per heavy atom. The van der Waals surface area contributed by atoms with E-state index in [1.54, 1.807) is 14.2 Å². The van der Waals surface area contributed by atoms with Crippen molar-refractivity contribution < 1.29 is 18.9 Å². The predicted molar refractivity (Wildman–Crippen MR) is 119 cm³/mol. The molecule has 0 aromatic heterocycles. The summed E-state index contributed by atoms with van der Waals surface area (Å²) in [5, 5.41) is 1.96. The summed E-state index contributed by atoms with van der Waals surface area (Å²) in [4.78, 5) is 4.47. The standard InChI is InChI=1S/C23H27N3O4/c1-5-18-7-6-8-20(17(18)2)25-26-16-24-15-19-13-22(29-11-9-27-3)23(14-21(19)26)30-12-10-28-4/h1,6-8,13-15,25H,9-12,16H2,2-4H3. The molecule has 1 aliphatic heterocycles. The average Bonchev–Trinajstić information content (AvgIpc) is 2.76. The number of methoxy groups -OCH3 is 2. The molecule has 0 saturated heterocycles. The van der Waals surface area contributed by atoms with E-state index in [4.69, 9.17) is 25.4 Å². The van der Waals surface area contributed by atoms with E-state index >= 15 is 0 Å². The Labute approximate surface area is 177 Å². The minimum Gasteiger partial charge on any atom is -0.487 e. The average molecular weight is 409 g/mol. The molecular formula is C23H27N3O4. The fraction of sp³-hybridized carbons (Fsp3) is 0.348. The molecule has 2 aromatic carbocycles. The van der Waals surface area contributed by atoms with Gasteiger partial charge < -0.3 is 18.9 Å². The fourth-order valence-electron chi connectivity index (χ4n) is 3.05. The van der Waals surface area contributed by atoms with Crippen LogP contribution in [0.1, 0.15) is 16.7 Å². The number of nitrogens with zero attached hydrogens (tertiary/aromatic N) is 2. The Morgan fingerprint density at radius 1 is 1.07 bits per heavy atom. The SMILES string of the molecule is C#Cc1cccc(NN2CN=Cc3cc(OCCOC)c(OCCOC)cc32)c1C. The van der Waals surface area contributed by atoms with Crippen LogP contribution in [-0.2, 0) is 9.47 Å². The second kappa shape index (κ2) is 10.5. The van der Waals surface area contributed by atoms with Crippen LogP contribution in [-0.4, -0.2) is 53.5 Å². The number of benzene rings is 2. The fourth-order valence-corrected chi connectivity index (χ4v) is 3.05. The van der Waals surface area contributed by atoms with E-state index in [2.05, 4.69) is 16.3 Å². The Balaban J connectivity index is 1.90. The number of fused-ring (bicyclic) bond motifs is 1. The van der Waals surface area contributed by atoms with E-state index in [1.807, 2.05) is 48.5 Å². The van der Waals surface area contributed by atoms with Crippen molar-refractivity contribution in [1.82, 2.24) is 0 Å². The molecule has 1 N–H and O–H groups in total. The van der Waals surface area contributed by atoms with Gasteiger partial charge in [-0.05, 0) is 30.7 Å². The summed E-state index contributed by atoms with van der Waals surface area (Å²) in [5.74, 6) is 3.99. The Bertz CT molecular complexity index is 937. The molecule has 0 radical (unpaired) electrons. The lowest BCUT2D eigenvalue weighted by Crippen LogP contribution is -2.33. The maximum Gasteiger partial charge on any atom is 0.163 e. The molecule has 0 atom stereocenters. The molecule has 0 aliphatic carbocycles. The molecule has 1 heterocycles.